The number of hydrogen-bond donors (Lipinski definition) is 2. The van der Waals surface area contributed by atoms with Gasteiger partial charge in [0, 0.05) is 23.8 Å². The Balaban J connectivity index is 2.05. The van der Waals surface area contributed by atoms with Gasteiger partial charge < -0.3 is 9.67 Å². The van der Waals surface area contributed by atoms with E-state index in [9.17, 15) is 18.3 Å². The van der Waals surface area contributed by atoms with E-state index in [4.69, 9.17) is 0 Å². The van der Waals surface area contributed by atoms with Gasteiger partial charge in [0.25, 0.3) is 0 Å². The lowest BCUT2D eigenvalue weighted by molar-refractivity contribution is -0.0317. The van der Waals surface area contributed by atoms with Crippen LogP contribution < -0.4 is 4.72 Å². The molecule has 0 radical (unpaired) electrons. The fourth-order valence-corrected chi connectivity index (χ4v) is 5.54. The van der Waals surface area contributed by atoms with Crippen molar-refractivity contribution in [2.75, 3.05) is 0 Å². The van der Waals surface area contributed by atoms with Crippen molar-refractivity contribution in [2.45, 2.75) is 43.5 Å². The molecule has 0 saturated heterocycles. The number of hydrogen-bond acceptors (Lipinski definition) is 3. The summed E-state index contributed by atoms with van der Waals surface area (Å²) in [6.45, 7) is 3.18. The number of carboxylic acids is 1. The average molecular weight is 298 g/mol. The van der Waals surface area contributed by atoms with Crippen molar-refractivity contribution in [3.05, 3.63) is 17.0 Å². The molecule has 1 aromatic heterocycles. The SMILES string of the molecule is Cc1c(S(=O)(=O)NC23CC(C2)C3)c(C)n(C)c1C(=O)O. The van der Waals surface area contributed by atoms with Crippen LogP contribution in [-0.4, -0.2) is 29.6 Å². The van der Waals surface area contributed by atoms with Gasteiger partial charge in [-0.1, -0.05) is 0 Å². The van der Waals surface area contributed by atoms with Crippen LogP contribution >= 0.6 is 0 Å². The molecule has 0 unspecified atom stereocenters. The van der Waals surface area contributed by atoms with E-state index in [0.29, 0.717) is 17.2 Å². The van der Waals surface area contributed by atoms with Crippen LogP contribution in [0.25, 0.3) is 0 Å². The van der Waals surface area contributed by atoms with Gasteiger partial charge in [-0.05, 0) is 39.0 Å². The molecule has 6 nitrogen and oxygen atoms in total. The highest BCUT2D eigenvalue weighted by atomic mass is 32.2. The molecule has 0 aromatic carbocycles. The Morgan fingerprint density at radius 1 is 1.35 bits per heavy atom. The van der Waals surface area contributed by atoms with E-state index < -0.39 is 16.0 Å². The van der Waals surface area contributed by atoms with Gasteiger partial charge >= 0.3 is 5.97 Å². The molecular formula is C13H18N2O4S. The van der Waals surface area contributed by atoms with E-state index in [1.807, 2.05) is 0 Å². The Kier molecular flexibility index (Phi) is 2.63. The molecule has 7 heteroatoms. The maximum Gasteiger partial charge on any atom is 0.352 e. The largest absolute Gasteiger partial charge is 0.477 e. The highest BCUT2D eigenvalue weighted by Crippen LogP contribution is 2.57. The van der Waals surface area contributed by atoms with Crippen LogP contribution in [0.1, 0.15) is 41.0 Å². The van der Waals surface area contributed by atoms with Gasteiger partial charge in [-0.25, -0.2) is 17.9 Å². The zero-order valence-electron chi connectivity index (χ0n) is 11.7. The number of nitrogens with one attached hydrogen (secondary N) is 1. The molecule has 0 amide bonds. The maximum atomic E-state index is 12.6. The van der Waals surface area contributed by atoms with Crippen molar-refractivity contribution in [2.24, 2.45) is 13.0 Å². The highest BCUT2D eigenvalue weighted by Gasteiger charge is 2.58. The first-order valence-corrected chi connectivity index (χ1v) is 8.08. The van der Waals surface area contributed by atoms with Crippen LogP contribution in [0.5, 0.6) is 0 Å². The maximum absolute atomic E-state index is 12.6. The first-order valence-electron chi connectivity index (χ1n) is 6.60. The number of rotatable bonds is 4. The zero-order chi connectivity index (χ0) is 14.9. The van der Waals surface area contributed by atoms with E-state index in [2.05, 4.69) is 4.72 Å². The molecule has 20 heavy (non-hydrogen) atoms. The molecule has 4 rings (SSSR count). The minimum Gasteiger partial charge on any atom is -0.477 e. The second-order valence-electron chi connectivity index (χ2n) is 6.12. The first kappa shape index (κ1) is 13.6. The molecule has 3 aliphatic rings. The van der Waals surface area contributed by atoms with Gasteiger partial charge in [0.1, 0.15) is 10.6 Å². The van der Waals surface area contributed by atoms with Gasteiger partial charge in [0.05, 0.1) is 0 Å². The molecule has 3 saturated carbocycles. The minimum atomic E-state index is -3.67. The summed E-state index contributed by atoms with van der Waals surface area (Å²) in [5.41, 5.74) is 0.526. The van der Waals surface area contributed by atoms with Crippen LogP contribution in [0.2, 0.25) is 0 Å². The fraction of sp³-hybridized carbons (Fsp3) is 0.615. The number of aromatic nitrogens is 1. The molecule has 0 spiro atoms. The van der Waals surface area contributed by atoms with Crippen LogP contribution in [0.15, 0.2) is 4.90 Å². The summed E-state index contributed by atoms with van der Waals surface area (Å²) >= 11 is 0. The average Bonchev–Trinajstić information content (AvgIpc) is 2.43. The molecule has 2 bridgehead atoms. The second-order valence-corrected chi connectivity index (χ2v) is 7.74. The van der Waals surface area contributed by atoms with E-state index in [0.717, 1.165) is 19.3 Å². The summed E-state index contributed by atoms with van der Waals surface area (Å²) in [5, 5.41) is 9.21. The number of sulfonamides is 1. The van der Waals surface area contributed by atoms with Gasteiger partial charge in [-0.3, -0.25) is 0 Å². The zero-order valence-corrected chi connectivity index (χ0v) is 12.5. The van der Waals surface area contributed by atoms with Crippen LogP contribution in [-0.2, 0) is 17.1 Å². The molecule has 3 aliphatic carbocycles. The van der Waals surface area contributed by atoms with E-state index in [1.165, 1.54) is 4.57 Å². The molecule has 1 aromatic rings. The van der Waals surface area contributed by atoms with Crippen LogP contribution in [0.4, 0.5) is 0 Å². The fourth-order valence-electron chi connectivity index (χ4n) is 3.59. The number of aromatic carboxylic acids is 1. The summed E-state index contributed by atoms with van der Waals surface area (Å²) in [5.74, 6) is -0.440. The highest BCUT2D eigenvalue weighted by molar-refractivity contribution is 7.89. The smallest absolute Gasteiger partial charge is 0.352 e. The van der Waals surface area contributed by atoms with Gasteiger partial charge in [-0.15, -0.1) is 0 Å². The Morgan fingerprint density at radius 2 is 1.90 bits per heavy atom. The lowest BCUT2D eigenvalue weighted by Gasteiger charge is -2.61. The summed E-state index contributed by atoms with van der Waals surface area (Å²) in [4.78, 5) is 11.4. The Hall–Kier alpha value is -1.34. The molecule has 2 N–H and O–H groups in total. The number of nitrogens with zero attached hydrogens (tertiary/aromatic N) is 1. The lowest BCUT2D eigenvalue weighted by atomic mass is 9.50. The van der Waals surface area contributed by atoms with Crippen molar-refractivity contribution in [3.63, 3.8) is 0 Å². The predicted octanol–water partition coefficient (Wildman–Crippen LogP) is 1.17. The van der Waals surface area contributed by atoms with Crippen LogP contribution in [0.3, 0.4) is 0 Å². The lowest BCUT2D eigenvalue weighted by Crippen LogP contribution is -2.68. The summed E-state index contributed by atoms with van der Waals surface area (Å²) in [6, 6.07) is 0. The Morgan fingerprint density at radius 3 is 2.25 bits per heavy atom. The van der Waals surface area contributed by atoms with Gasteiger partial charge in [0.2, 0.25) is 10.0 Å². The Labute approximate surface area is 117 Å². The van der Waals surface area contributed by atoms with Crippen LogP contribution in [0, 0.1) is 19.8 Å². The van der Waals surface area contributed by atoms with E-state index >= 15 is 0 Å². The summed E-state index contributed by atoms with van der Waals surface area (Å²) in [6.07, 6.45) is 2.72. The van der Waals surface area contributed by atoms with E-state index in [-0.39, 0.29) is 16.1 Å². The normalized spacial score (nSPS) is 27.9. The number of carbonyl (C=O) groups is 1. The molecular weight excluding hydrogens is 280 g/mol. The topological polar surface area (TPSA) is 88.4 Å². The van der Waals surface area contributed by atoms with Crippen molar-refractivity contribution in [3.8, 4) is 0 Å². The molecule has 0 atom stereocenters. The van der Waals surface area contributed by atoms with E-state index in [1.54, 1.807) is 20.9 Å². The van der Waals surface area contributed by atoms with Crippen molar-refractivity contribution < 1.29 is 18.3 Å². The van der Waals surface area contributed by atoms with Gasteiger partial charge in [-0.2, -0.15) is 0 Å². The third-order valence-corrected chi connectivity index (χ3v) is 6.56. The van der Waals surface area contributed by atoms with Gasteiger partial charge in [0.15, 0.2) is 0 Å². The van der Waals surface area contributed by atoms with Crippen molar-refractivity contribution >= 4 is 16.0 Å². The molecule has 1 heterocycles. The summed E-state index contributed by atoms with van der Waals surface area (Å²) < 4.78 is 29.4. The monoisotopic (exact) mass is 298 g/mol. The third-order valence-electron chi connectivity index (χ3n) is 4.72. The molecule has 3 fully saturated rings. The second kappa shape index (κ2) is 3.85. The Bertz CT molecular complexity index is 700. The molecule has 110 valence electrons. The third kappa shape index (κ3) is 1.66. The quantitative estimate of drug-likeness (QED) is 0.873. The number of carboxylic acid groups (broad SMARTS) is 1. The van der Waals surface area contributed by atoms with Crippen molar-refractivity contribution in [1.29, 1.82) is 0 Å². The standard InChI is InChI=1S/C13H18N2O4S/c1-7-10(12(16)17)15(3)8(2)11(7)20(18,19)14-13-4-9(5-13)6-13/h9,14H,4-6H2,1-3H3,(H,16,17). The molecule has 0 aliphatic heterocycles. The minimum absolute atomic E-state index is 0.0282. The summed E-state index contributed by atoms with van der Waals surface area (Å²) in [7, 11) is -2.10. The first-order chi connectivity index (χ1) is 9.17. The van der Waals surface area contributed by atoms with Crippen molar-refractivity contribution in [1.82, 2.24) is 9.29 Å². The predicted molar refractivity (Wildman–Crippen MR) is 72.2 cm³/mol.